The number of aryl methyl sites for hydroxylation is 1. The topological polar surface area (TPSA) is 96.6 Å². The number of piperidine rings is 1. The van der Waals surface area contributed by atoms with Crippen LogP contribution >= 0.6 is 0 Å². The van der Waals surface area contributed by atoms with E-state index < -0.39 is 16.3 Å². The van der Waals surface area contributed by atoms with Gasteiger partial charge in [0.05, 0.1) is 10.3 Å². The van der Waals surface area contributed by atoms with Gasteiger partial charge < -0.3 is 10.0 Å². The summed E-state index contributed by atoms with van der Waals surface area (Å²) in [6, 6.07) is 1.59. The van der Waals surface area contributed by atoms with Crippen LogP contribution in [0.15, 0.2) is 12.3 Å². The normalized spacial score (nSPS) is 22.1. The van der Waals surface area contributed by atoms with Crippen LogP contribution in [0.1, 0.15) is 31.7 Å². The molecule has 0 aromatic carbocycles. The van der Waals surface area contributed by atoms with Crippen LogP contribution in [0, 0.1) is 22.5 Å². The van der Waals surface area contributed by atoms with E-state index in [2.05, 4.69) is 4.98 Å². The molecule has 2 heterocycles. The van der Waals surface area contributed by atoms with Crippen molar-refractivity contribution in [2.45, 2.75) is 33.1 Å². The minimum atomic E-state index is -0.850. The van der Waals surface area contributed by atoms with Gasteiger partial charge in [0.1, 0.15) is 0 Å². The summed E-state index contributed by atoms with van der Waals surface area (Å²) in [6.07, 6.45) is 3.31. The molecule has 1 atom stereocenters. The smallest absolute Gasteiger partial charge is 0.314 e. The number of carboxylic acid groups (broad SMARTS) is 1. The number of hydrogen-bond acceptors (Lipinski definition) is 5. The van der Waals surface area contributed by atoms with Crippen molar-refractivity contribution in [1.29, 1.82) is 0 Å². The Hall–Kier alpha value is -2.18. The van der Waals surface area contributed by atoms with Gasteiger partial charge in [0.25, 0.3) is 0 Å². The Kier molecular flexibility index (Phi) is 4.11. The van der Waals surface area contributed by atoms with E-state index in [1.807, 2.05) is 6.92 Å². The Morgan fingerprint density at radius 2 is 2.33 bits per heavy atom. The molecular formula is C14H19N3O4. The number of anilines is 1. The number of nitro groups is 1. The zero-order valence-corrected chi connectivity index (χ0v) is 12.2. The minimum absolute atomic E-state index is 0.0326. The van der Waals surface area contributed by atoms with Gasteiger partial charge in [0.15, 0.2) is 0 Å². The van der Waals surface area contributed by atoms with Crippen molar-refractivity contribution in [2.75, 3.05) is 18.0 Å². The van der Waals surface area contributed by atoms with Crippen LogP contribution in [0.2, 0.25) is 0 Å². The van der Waals surface area contributed by atoms with Crippen LogP contribution in [0.25, 0.3) is 0 Å². The molecule has 1 saturated heterocycles. The summed E-state index contributed by atoms with van der Waals surface area (Å²) in [7, 11) is 0. The Morgan fingerprint density at radius 1 is 1.62 bits per heavy atom. The molecule has 0 spiro atoms. The first-order valence-corrected chi connectivity index (χ1v) is 6.99. The Balaban J connectivity index is 2.41. The van der Waals surface area contributed by atoms with Crippen molar-refractivity contribution >= 4 is 17.5 Å². The summed E-state index contributed by atoms with van der Waals surface area (Å²) in [5.41, 5.74) is -0.347. The van der Waals surface area contributed by atoms with Crippen molar-refractivity contribution in [3.8, 4) is 0 Å². The van der Waals surface area contributed by atoms with E-state index in [9.17, 15) is 20.0 Å². The Morgan fingerprint density at radius 3 is 2.90 bits per heavy atom. The van der Waals surface area contributed by atoms with Crippen molar-refractivity contribution in [1.82, 2.24) is 4.98 Å². The summed E-state index contributed by atoms with van der Waals surface area (Å²) in [6.45, 7) is 4.36. The van der Waals surface area contributed by atoms with Crippen LogP contribution in [0.5, 0.6) is 0 Å². The van der Waals surface area contributed by atoms with Gasteiger partial charge in [0, 0.05) is 24.8 Å². The van der Waals surface area contributed by atoms with Crippen molar-refractivity contribution < 1.29 is 14.8 Å². The van der Waals surface area contributed by atoms with Crippen molar-refractivity contribution in [3.63, 3.8) is 0 Å². The minimum Gasteiger partial charge on any atom is -0.481 e. The highest BCUT2D eigenvalue weighted by molar-refractivity contribution is 5.76. The van der Waals surface area contributed by atoms with E-state index in [0.717, 1.165) is 0 Å². The molecule has 1 fully saturated rings. The van der Waals surface area contributed by atoms with Gasteiger partial charge in [-0.25, -0.2) is 4.98 Å². The third-order valence-corrected chi connectivity index (χ3v) is 4.30. The van der Waals surface area contributed by atoms with Gasteiger partial charge in [-0.2, -0.15) is 0 Å². The van der Waals surface area contributed by atoms with Crippen LogP contribution in [-0.4, -0.2) is 34.1 Å². The molecule has 1 N–H and O–H groups in total. The molecule has 0 aliphatic carbocycles. The fourth-order valence-corrected chi connectivity index (χ4v) is 2.92. The van der Waals surface area contributed by atoms with Crippen LogP contribution < -0.4 is 4.90 Å². The molecule has 21 heavy (non-hydrogen) atoms. The predicted molar refractivity (Wildman–Crippen MR) is 77.4 cm³/mol. The van der Waals surface area contributed by atoms with Crippen LogP contribution in [0.3, 0.4) is 0 Å². The zero-order valence-electron chi connectivity index (χ0n) is 12.2. The molecule has 0 saturated carbocycles. The largest absolute Gasteiger partial charge is 0.481 e. The van der Waals surface area contributed by atoms with E-state index in [1.54, 1.807) is 17.9 Å². The first-order chi connectivity index (χ1) is 9.91. The molecule has 7 heteroatoms. The van der Waals surface area contributed by atoms with Gasteiger partial charge >= 0.3 is 11.7 Å². The highest BCUT2D eigenvalue weighted by Gasteiger charge is 2.42. The molecule has 7 nitrogen and oxygen atoms in total. The van der Waals surface area contributed by atoms with Gasteiger partial charge in [-0.3, -0.25) is 14.9 Å². The quantitative estimate of drug-likeness (QED) is 0.676. The Labute approximate surface area is 122 Å². The molecule has 1 unspecified atom stereocenters. The molecule has 1 aliphatic rings. The Bertz CT molecular complexity index is 575. The SMILES string of the molecule is CCC1(C(=O)O)CCCN(c2nccc(C)c2[N+](=O)[O-])C1. The number of aliphatic carboxylic acids is 1. The van der Waals surface area contributed by atoms with Gasteiger partial charge in [-0.15, -0.1) is 0 Å². The molecule has 0 amide bonds. The molecular weight excluding hydrogens is 274 g/mol. The molecule has 1 aromatic heterocycles. The van der Waals surface area contributed by atoms with Crippen LogP contribution in [0.4, 0.5) is 11.5 Å². The summed E-state index contributed by atoms with van der Waals surface area (Å²) >= 11 is 0. The monoisotopic (exact) mass is 293 g/mol. The molecule has 0 radical (unpaired) electrons. The second-order valence-electron chi connectivity index (χ2n) is 5.52. The third-order valence-electron chi connectivity index (χ3n) is 4.30. The van der Waals surface area contributed by atoms with Crippen molar-refractivity contribution in [2.24, 2.45) is 5.41 Å². The van der Waals surface area contributed by atoms with E-state index in [1.165, 1.54) is 6.20 Å². The average Bonchev–Trinajstić information content (AvgIpc) is 2.46. The lowest BCUT2D eigenvalue weighted by Gasteiger charge is -2.39. The van der Waals surface area contributed by atoms with Crippen molar-refractivity contribution in [3.05, 3.63) is 27.9 Å². The lowest BCUT2D eigenvalue weighted by Crippen LogP contribution is -2.48. The molecule has 2 rings (SSSR count). The number of carbonyl (C=O) groups is 1. The summed E-state index contributed by atoms with van der Waals surface area (Å²) in [4.78, 5) is 28.3. The van der Waals surface area contributed by atoms with E-state index in [-0.39, 0.29) is 18.1 Å². The van der Waals surface area contributed by atoms with Gasteiger partial charge in [-0.1, -0.05) is 6.92 Å². The summed E-state index contributed by atoms with van der Waals surface area (Å²) < 4.78 is 0. The third kappa shape index (κ3) is 2.68. The second kappa shape index (κ2) is 5.67. The number of pyridine rings is 1. The number of nitrogens with zero attached hydrogens (tertiary/aromatic N) is 3. The molecule has 1 aliphatic heterocycles. The highest BCUT2D eigenvalue weighted by atomic mass is 16.6. The maximum atomic E-state index is 11.6. The van der Waals surface area contributed by atoms with E-state index in [0.29, 0.717) is 31.4 Å². The van der Waals surface area contributed by atoms with Crippen LogP contribution in [-0.2, 0) is 4.79 Å². The lowest BCUT2D eigenvalue weighted by molar-refractivity contribution is -0.384. The first-order valence-electron chi connectivity index (χ1n) is 6.99. The highest BCUT2D eigenvalue weighted by Crippen LogP contribution is 2.38. The molecule has 1 aromatic rings. The van der Waals surface area contributed by atoms with E-state index >= 15 is 0 Å². The fourth-order valence-electron chi connectivity index (χ4n) is 2.92. The van der Waals surface area contributed by atoms with E-state index in [4.69, 9.17) is 0 Å². The summed E-state index contributed by atoms with van der Waals surface area (Å²) in [5.74, 6) is -0.566. The fraction of sp³-hybridized carbons (Fsp3) is 0.571. The standard InChI is InChI=1S/C14H19N3O4/c1-3-14(13(18)19)6-4-8-16(9-14)12-11(17(20)21)10(2)5-7-15-12/h5,7H,3-4,6,8-9H2,1-2H3,(H,18,19). The summed E-state index contributed by atoms with van der Waals surface area (Å²) in [5, 5.41) is 20.8. The first kappa shape index (κ1) is 15.2. The molecule has 114 valence electrons. The van der Waals surface area contributed by atoms with Gasteiger partial charge in [-0.05, 0) is 32.3 Å². The average molecular weight is 293 g/mol. The predicted octanol–water partition coefficient (Wildman–Crippen LogP) is 2.38. The second-order valence-corrected chi connectivity index (χ2v) is 5.52. The number of rotatable bonds is 4. The lowest BCUT2D eigenvalue weighted by atomic mass is 9.77. The van der Waals surface area contributed by atoms with Gasteiger partial charge in [0.2, 0.25) is 5.82 Å². The number of aromatic nitrogens is 1. The zero-order chi connectivity index (χ0) is 15.6. The maximum absolute atomic E-state index is 11.6. The maximum Gasteiger partial charge on any atom is 0.314 e. The molecule has 0 bridgehead atoms. The number of hydrogen-bond donors (Lipinski definition) is 1. The number of carboxylic acids is 1.